The van der Waals surface area contributed by atoms with Gasteiger partial charge in [-0.3, -0.25) is 19.3 Å². The largest absolute Gasteiger partial charge is 0.480 e. The summed E-state index contributed by atoms with van der Waals surface area (Å²) in [5.74, 6) is -1.37. The first-order valence-corrected chi connectivity index (χ1v) is 7.51. The number of amides is 2. The molecule has 0 bridgehead atoms. The Hall–Kier alpha value is -2.12. The van der Waals surface area contributed by atoms with Crippen LogP contribution in [0.2, 0.25) is 0 Å². The molecule has 0 aliphatic carbocycles. The van der Waals surface area contributed by atoms with E-state index >= 15 is 0 Å². The lowest BCUT2D eigenvalue weighted by atomic mass is 10.2. The number of likely N-dealkylation sites (N-methyl/N-ethyl adjacent to an activating group) is 1. The number of nitrogens with one attached hydrogen (secondary N) is 2. The van der Waals surface area contributed by atoms with Gasteiger partial charge in [0, 0.05) is 18.3 Å². The molecular weight excluding hydrogens is 334 g/mol. The monoisotopic (exact) mass is 357 g/mol. The molecule has 1 rings (SSSR count). The summed E-state index contributed by atoms with van der Waals surface area (Å²) in [6.07, 6.45) is 0.432. The standard InChI is InChI=1S/C16H23N3O4.ClH/c1-4-14(16(22)23)19(5-2)10-15(21)18-13-8-6-12(7-9-13)17-11(3)20;/h6-9,14H,4-5,10H2,1-3H3,(H,17,20)(H,18,21)(H,22,23);1H. The Bertz CT molecular complexity index is 563. The molecule has 1 aromatic carbocycles. The number of carbonyl (C=O) groups is 3. The molecule has 2 amide bonds. The van der Waals surface area contributed by atoms with Crippen molar-refractivity contribution in [3.63, 3.8) is 0 Å². The average molecular weight is 358 g/mol. The first kappa shape index (κ1) is 21.9. The molecule has 0 spiro atoms. The van der Waals surface area contributed by atoms with E-state index in [0.29, 0.717) is 24.3 Å². The third-order valence-electron chi connectivity index (χ3n) is 3.35. The summed E-state index contributed by atoms with van der Waals surface area (Å²) in [5, 5.41) is 14.5. The predicted molar refractivity (Wildman–Crippen MR) is 95.6 cm³/mol. The fraction of sp³-hybridized carbons (Fsp3) is 0.438. The van der Waals surface area contributed by atoms with Crippen LogP contribution < -0.4 is 10.6 Å². The van der Waals surface area contributed by atoms with Crippen molar-refractivity contribution >= 4 is 41.6 Å². The maximum atomic E-state index is 12.1. The van der Waals surface area contributed by atoms with Crippen LogP contribution >= 0.6 is 12.4 Å². The van der Waals surface area contributed by atoms with Crippen LogP contribution in [-0.2, 0) is 14.4 Å². The van der Waals surface area contributed by atoms with Crippen LogP contribution in [0.4, 0.5) is 11.4 Å². The van der Waals surface area contributed by atoms with E-state index in [2.05, 4.69) is 10.6 Å². The highest BCUT2D eigenvalue weighted by Gasteiger charge is 2.24. The molecule has 0 aliphatic heterocycles. The molecule has 3 N–H and O–H groups in total. The number of carbonyl (C=O) groups excluding carboxylic acids is 2. The molecule has 0 saturated carbocycles. The number of carboxylic acid groups (broad SMARTS) is 1. The first-order chi connectivity index (χ1) is 10.9. The number of nitrogens with zero attached hydrogens (tertiary/aromatic N) is 1. The van der Waals surface area contributed by atoms with Crippen molar-refractivity contribution in [1.82, 2.24) is 4.90 Å². The molecule has 0 aromatic heterocycles. The van der Waals surface area contributed by atoms with Crippen molar-refractivity contribution in [3.8, 4) is 0 Å². The number of benzene rings is 1. The van der Waals surface area contributed by atoms with E-state index in [1.807, 2.05) is 6.92 Å². The Labute approximate surface area is 147 Å². The SMILES string of the molecule is CCC(C(=O)O)N(CC)CC(=O)Nc1ccc(NC(C)=O)cc1.Cl. The van der Waals surface area contributed by atoms with E-state index in [1.165, 1.54) is 6.92 Å². The summed E-state index contributed by atoms with van der Waals surface area (Å²) in [7, 11) is 0. The predicted octanol–water partition coefficient (Wildman–Crippen LogP) is 2.19. The van der Waals surface area contributed by atoms with Crippen molar-refractivity contribution in [3.05, 3.63) is 24.3 Å². The molecule has 8 heteroatoms. The Kier molecular flexibility index (Phi) is 9.68. The second-order valence-corrected chi connectivity index (χ2v) is 5.13. The average Bonchev–Trinajstić information content (AvgIpc) is 2.48. The minimum absolute atomic E-state index is 0. The highest BCUT2D eigenvalue weighted by atomic mass is 35.5. The van der Waals surface area contributed by atoms with E-state index < -0.39 is 12.0 Å². The van der Waals surface area contributed by atoms with Gasteiger partial charge in [-0.2, -0.15) is 0 Å². The lowest BCUT2D eigenvalue weighted by Crippen LogP contribution is -2.44. The maximum Gasteiger partial charge on any atom is 0.320 e. The maximum absolute atomic E-state index is 12.1. The van der Waals surface area contributed by atoms with E-state index in [1.54, 1.807) is 36.1 Å². The third-order valence-corrected chi connectivity index (χ3v) is 3.35. The van der Waals surface area contributed by atoms with Crippen molar-refractivity contribution in [2.24, 2.45) is 0 Å². The number of rotatable bonds is 8. The fourth-order valence-corrected chi connectivity index (χ4v) is 2.26. The third kappa shape index (κ3) is 6.97. The molecule has 0 fully saturated rings. The number of carboxylic acids is 1. The lowest BCUT2D eigenvalue weighted by Gasteiger charge is -2.25. The van der Waals surface area contributed by atoms with Crippen molar-refractivity contribution < 1.29 is 19.5 Å². The van der Waals surface area contributed by atoms with Crippen LogP contribution in [0, 0.1) is 0 Å². The topological polar surface area (TPSA) is 98.7 Å². The van der Waals surface area contributed by atoms with Gasteiger partial charge in [-0.25, -0.2) is 0 Å². The van der Waals surface area contributed by atoms with Gasteiger partial charge in [-0.15, -0.1) is 12.4 Å². The number of anilines is 2. The zero-order valence-electron chi connectivity index (χ0n) is 14.0. The summed E-state index contributed by atoms with van der Waals surface area (Å²) in [6, 6.07) is 6.04. The normalized spacial score (nSPS) is 11.3. The number of hydrogen-bond acceptors (Lipinski definition) is 4. The molecule has 134 valence electrons. The van der Waals surface area contributed by atoms with E-state index in [0.717, 1.165) is 0 Å². The van der Waals surface area contributed by atoms with Crippen LogP contribution in [0.15, 0.2) is 24.3 Å². The van der Waals surface area contributed by atoms with Gasteiger partial charge in [0.2, 0.25) is 11.8 Å². The molecule has 0 heterocycles. The molecule has 7 nitrogen and oxygen atoms in total. The van der Waals surface area contributed by atoms with Gasteiger partial charge in [-0.05, 0) is 37.2 Å². The minimum Gasteiger partial charge on any atom is -0.480 e. The minimum atomic E-state index is -0.929. The summed E-state index contributed by atoms with van der Waals surface area (Å²) >= 11 is 0. The Morgan fingerprint density at radius 3 is 1.96 bits per heavy atom. The van der Waals surface area contributed by atoms with E-state index in [-0.39, 0.29) is 30.8 Å². The fourth-order valence-electron chi connectivity index (χ4n) is 2.26. The Morgan fingerprint density at radius 1 is 1.08 bits per heavy atom. The molecule has 1 aromatic rings. The van der Waals surface area contributed by atoms with Gasteiger partial charge in [0.1, 0.15) is 6.04 Å². The van der Waals surface area contributed by atoms with Gasteiger partial charge in [0.15, 0.2) is 0 Å². The highest BCUT2D eigenvalue weighted by molar-refractivity contribution is 5.93. The quantitative estimate of drug-likeness (QED) is 0.662. The molecule has 24 heavy (non-hydrogen) atoms. The first-order valence-electron chi connectivity index (χ1n) is 7.51. The molecule has 1 unspecified atom stereocenters. The van der Waals surface area contributed by atoms with Crippen molar-refractivity contribution in [1.29, 1.82) is 0 Å². The smallest absolute Gasteiger partial charge is 0.320 e. The zero-order valence-corrected chi connectivity index (χ0v) is 14.9. The van der Waals surface area contributed by atoms with Crippen molar-refractivity contribution in [2.45, 2.75) is 33.2 Å². The molecule has 0 saturated heterocycles. The lowest BCUT2D eigenvalue weighted by molar-refractivity contribution is -0.143. The Morgan fingerprint density at radius 2 is 1.58 bits per heavy atom. The second-order valence-electron chi connectivity index (χ2n) is 5.13. The van der Waals surface area contributed by atoms with Gasteiger partial charge in [0.25, 0.3) is 0 Å². The number of aliphatic carboxylic acids is 1. The summed E-state index contributed by atoms with van der Waals surface area (Å²) in [4.78, 5) is 35.8. The van der Waals surface area contributed by atoms with Crippen LogP contribution in [0.3, 0.4) is 0 Å². The van der Waals surface area contributed by atoms with Gasteiger partial charge >= 0.3 is 5.97 Å². The summed E-state index contributed by atoms with van der Waals surface area (Å²) in [6.45, 7) is 5.50. The highest BCUT2D eigenvalue weighted by Crippen LogP contribution is 2.14. The summed E-state index contributed by atoms with van der Waals surface area (Å²) in [5.41, 5.74) is 1.23. The molecule has 0 radical (unpaired) electrons. The summed E-state index contributed by atoms with van der Waals surface area (Å²) < 4.78 is 0. The number of hydrogen-bond donors (Lipinski definition) is 3. The molecular formula is C16H24ClN3O4. The van der Waals surface area contributed by atoms with E-state index in [4.69, 9.17) is 0 Å². The van der Waals surface area contributed by atoms with E-state index in [9.17, 15) is 19.5 Å². The van der Waals surface area contributed by atoms with Crippen LogP contribution in [0.1, 0.15) is 27.2 Å². The zero-order chi connectivity index (χ0) is 17.4. The van der Waals surface area contributed by atoms with Gasteiger partial charge in [0.05, 0.1) is 6.54 Å². The number of halogens is 1. The van der Waals surface area contributed by atoms with Crippen LogP contribution in [0.25, 0.3) is 0 Å². The Balaban J connectivity index is 0.00000529. The van der Waals surface area contributed by atoms with Gasteiger partial charge < -0.3 is 15.7 Å². The van der Waals surface area contributed by atoms with Gasteiger partial charge in [-0.1, -0.05) is 13.8 Å². The van der Waals surface area contributed by atoms with Crippen LogP contribution in [0.5, 0.6) is 0 Å². The van der Waals surface area contributed by atoms with Crippen LogP contribution in [-0.4, -0.2) is 46.9 Å². The molecule has 1 atom stereocenters. The molecule has 0 aliphatic rings. The second kappa shape index (κ2) is 10.6. The van der Waals surface area contributed by atoms with Crippen molar-refractivity contribution in [2.75, 3.05) is 23.7 Å².